The lowest BCUT2D eigenvalue weighted by Crippen LogP contribution is -2.41. The summed E-state index contributed by atoms with van der Waals surface area (Å²) >= 11 is 0. The Morgan fingerprint density at radius 2 is 2.05 bits per heavy atom. The third-order valence-corrected chi connectivity index (χ3v) is 5.08. The largest absolute Gasteiger partial charge is 0.353 e. The van der Waals surface area contributed by atoms with Crippen LogP contribution in [0.3, 0.4) is 0 Å². The van der Waals surface area contributed by atoms with Gasteiger partial charge in [-0.15, -0.1) is 0 Å². The van der Waals surface area contributed by atoms with Gasteiger partial charge in [0, 0.05) is 6.61 Å². The molecule has 0 bridgehead atoms. The van der Waals surface area contributed by atoms with Crippen molar-refractivity contribution in [2.24, 2.45) is 11.3 Å². The Hall–Kier alpha value is -1.12. The van der Waals surface area contributed by atoms with Crippen molar-refractivity contribution < 1.29 is 9.47 Å². The van der Waals surface area contributed by atoms with E-state index in [0.29, 0.717) is 5.92 Å². The summed E-state index contributed by atoms with van der Waals surface area (Å²) in [5, 5.41) is 0. The number of benzene rings is 1. The number of ether oxygens (including phenoxy) is 2. The van der Waals surface area contributed by atoms with E-state index in [1.54, 1.807) is 0 Å². The molecule has 3 rings (SSSR count). The fourth-order valence-electron chi connectivity index (χ4n) is 3.24. The van der Waals surface area contributed by atoms with E-state index in [2.05, 4.69) is 50.3 Å². The molecule has 2 fully saturated rings. The van der Waals surface area contributed by atoms with Crippen molar-refractivity contribution in [2.75, 3.05) is 13.2 Å². The van der Waals surface area contributed by atoms with Gasteiger partial charge in [-0.1, -0.05) is 55.8 Å². The molecule has 114 valence electrons. The van der Waals surface area contributed by atoms with Crippen molar-refractivity contribution >= 4 is 6.08 Å². The molecule has 2 aliphatic rings. The zero-order valence-electron chi connectivity index (χ0n) is 13.2. The first-order chi connectivity index (χ1) is 10.2. The maximum absolute atomic E-state index is 5.97. The maximum atomic E-state index is 5.97. The fraction of sp³-hybridized carbons (Fsp3) is 0.579. The first-order valence-electron chi connectivity index (χ1n) is 8.15. The number of allylic oxidation sites excluding steroid dienone is 1. The molecule has 0 aromatic heterocycles. The highest BCUT2D eigenvalue weighted by Gasteiger charge is 2.43. The Morgan fingerprint density at radius 1 is 1.24 bits per heavy atom. The maximum Gasteiger partial charge on any atom is 0.157 e. The molecule has 2 nitrogen and oxygen atoms in total. The van der Waals surface area contributed by atoms with Gasteiger partial charge in [-0.25, -0.2) is 0 Å². The van der Waals surface area contributed by atoms with Crippen LogP contribution in [-0.4, -0.2) is 19.5 Å². The summed E-state index contributed by atoms with van der Waals surface area (Å²) in [6.07, 6.45) is 7.00. The predicted octanol–water partition coefficient (Wildman–Crippen LogP) is 4.66. The van der Waals surface area contributed by atoms with Crippen molar-refractivity contribution in [3.05, 3.63) is 41.5 Å². The smallest absolute Gasteiger partial charge is 0.157 e. The van der Waals surface area contributed by atoms with Crippen LogP contribution in [0.5, 0.6) is 0 Å². The zero-order valence-corrected chi connectivity index (χ0v) is 13.2. The summed E-state index contributed by atoms with van der Waals surface area (Å²) in [6.45, 7) is 6.35. The Balaban J connectivity index is 1.54. The molecule has 1 aliphatic carbocycles. The summed E-state index contributed by atoms with van der Waals surface area (Å²) in [4.78, 5) is 0. The summed E-state index contributed by atoms with van der Waals surface area (Å²) < 4.78 is 11.6. The van der Waals surface area contributed by atoms with Gasteiger partial charge in [-0.2, -0.15) is 0 Å². The summed E-state index contributed by atoms with van der Waals surface area (Å²) in [5.74, 6) is 0.609. The van der Waals surface area contributed by atoms with Crippen LogP contribution in [0, 0.1) is 11.3 Å². The minimum absolute atomic E-state index is 0.0386. The van der Waals surface area contributed by atoms with Gasteiger partial charge in [0.05, 0.1) is 6.61 Å². The van der Waals surface area contributed by atoms with Crippen molar-refractivity contribution in [1.82, 2.24) is 0 Å². The second kappa shape index (κ2) is 6.33. The van der Waals surface area contributed by atoms with Crippen LogP contribution < -0.4 is 0 Å². The molecule has 0 N–H and O–H groups in total. The van der Waals surface area contributed by atoms with E-state index in [-0.39, 0.29) is 11.7 Å². The molecule has 1 saturated heterocycles. The van der Waals surface area contributed by atoms with Gasteiger partial charge in [0.2, 0.25) is 0 Å². The van der Waals surface area contributed by atoms with E-state index in [4.69, 9.17) is 9.47 Å². The van der Waals surface area contributed by atoms with E-state index in [1.165, 1.54) is 24.0 Å². The molecular weight excluding hydrogens is 260 g/mol. The number of hydrogen-bond donors (Lipinski definition) is 0. The molecule has 1 aliphatic heterocycles. The first-order valence-corrected chi connectivity index (χ1v) is 8.15. The van der Waals surface area contributed by atoms with Gasteiger partial charge in [0.25, 0.3) is 0 Å². The fourth-order valence-corrected chi connectivity index (χ4v) is 3.24. The minimum atomic E-state index is 0.0386. The Bertz CT molecular complexity index is 484. The molecular formula is C19H26O2. The van der Waals surface area contributed by atoms with E-state index < -0.39 is 0 Å². The van der Waals surface area contributed by atoms with Gasteiger partial charge in [-0.05, 0) is 42.6 Å². The molecule has 21 heavy (non-hydrogen) atoms. The van der Waals surface area contributed by atoms with Gasteiger partial charge in [0.1, 0.15) is 0 Å². The van der Waals surface area contributed by atoms with Gasteiger partial charge in [0.15, 0.2) is 6.29 Å². The normalized spacial score (nSPS) is 30.1. The van der Waals surface area contributed by atoms with Crippen molar-refractivity contribution in [1.29, 1.82) is 0 Å². The van der Waals surface area contributed by atoms with Gasteiger partial charge in [-0.3, -0.25) is 0 Å². The molecule has 0 amide bonds. The Labute approximate surface area is 128 Å². The summed E-state index contributed by atoms with van der Waals surface area (Å²) in [6, 6.07) is 10.6. The standard InChI is InChI=1S/C19H26O2/c1-19(2)16(12-15-8-4-3-5-9-15)13-17(19)14-21-18-10-6-7-11-20-18/h3-5,8-9,12,17-18H,6-7,10-11,13-14H2,1-2H3. The molecule has 1 aromatic rings. The molecule has 0 spiro atoms. The molecule has 2 atom stereocenters. The lowest BCUT2D eigenvalue weighted by atomic mass is 9.58. The Morgan fingerprint density at radius 3 is 2.71 bits per heavy atom. The van der Waals surface area contributed by atoms with Crippen LogP contribution in [0.1, 0.15) is 45.1 Å². The van der Waals surface area contributed by atoms with Gasteiger partial charge >= 0.3 is 0 Å². The quantitative estimate of drug-likeness (QED) is 0.801. The second-order valence-electron chi connectivity index (χ2n) is 6.83. The molecule has 2 unspecified atom stereocenters. The van der Waals surface area contributed by atoms with Crippen LogP contribution in [0.25, 0.3) is 6.08 Å². The third kappa shape index (κ3) is 3.38. The lowest BCUT2D eigenvalue weighted by Gasteiger charge is -2.48. The average Bonchev–Trinajstić information content (AvgIpc) is 2.52. The topological polar surface area (TPSA) is 18.5 Å². The van der Waals surface area contributed by atoms with Crippen LogP contribution in [0.15, 0.2) is 35.9 Å². The highest BCUT2D eigenvalue weighted by atomic mass is 16.7. The Kier molecular flexibility index (Phi) is 4.46. The van der Waals surface area contributed by atoms with Crippen molar-refractivity contribution in [3.8, 4) is 0 Å². The van der Waals surface area contributed by atoms with Crippen molar-refractivity contribution in [3.63, 3.8) is 0 Å². The predicted molar refractivity (Wildman–Crippen MR) is 85.9 cm³/mol. The van der Waals surface area contributed by atoms with Crippen molar-refractivity contribution in [2.45, 2.75) is 45.8 Å². The van der Waals surface area contributed by atoms with Crippen LogP contribution in [0.4, 0.5) is 0 Å². The molecule has 1 saturated carbocycles. The zero-order chi connectivity index (χ0) is 14.7. The SMILES string of the molecule is CC1(C)C(=Cc2ccccc2)CC1COC1CCCCO1. The molecule has 1 heterocycles. The second-order valence-corrected chi connectivity index (χ2v) is 6.83. The van der Waals surface area contributed by atoms with Crippen LogP contribution >= 0.6 is 0 Å². The third-order valence-electron chi connectivity index (χ3n) is 5.08. The highest BCUT2D eigenvalue weighted by molar-refractivity contribution is 5.56. The van der Waals surface area contributed by atoms with E-state index in [0.717, 1.165) is 26.1 Å². The van der Waals surface area contributed by atoms with E-state index >= 15 is 0 Å². The molecule has 1 aromatic carbocycles. The summed E-state index contributed by atoms with van der Waals surface area (Å²) in [5.41, 5.74) is 3.08. The summed E-state index contributed by atoms with van der Waals surface area (Å²) in [7, 11) is 0. The number of hydrogen-bond acceptors (Lipinski definition) is 2. The average molecular weight is 286 g/mol. The molecule has 2 heteroatoms. The van der Waals surface area contributed by atoms with E-state index in [1.807, 2.05) is 0 Å². The monoisotopic (exact) mass is 286 g/mol. The lowest BCUT2D eigenvalue weighted by molar-refractivity contribution is -0.177. The number of rotatable bonds is 4. The van der Waals surface area contributed by atoms with E-state index in [9.17, 15) is 0 Å². The highest BCUT2D eigenvalue weighted by Crippen LogP contribution is 2.51. The molecule has 0 radical (unpaired) electrons. The van der Waals surface area contributed by atoms with Crippen LogP contribution in [-0.2, 0) is 9.47 Å². The van der Waals surface area contributed by atoms with Crippen LogP contribution in [0.2, 0.25) is 0 Å². The first kappa shape index (κ1) is 14.8. The minimum Gasteiger partial charge on any atom is -0.353 e. The van der Waals surface area contributed by atoms with Gasteiger partial charge < -0.3 is 9.47 Å².